The third kappa shape index (κ3) is 5.38. The number of thiophene rings is 1. The smallest absolute Gasteiger partial charge is 0.337 e. The molecule has 0 spiro atoms. The van der Waals surface area contributed by atoms with Gasteiger partial charge >= 0.3 is 17.9 Å². The number of ketones is 1. The zero-order valence-corrected chi connectivity index (χ0v) is 19.5. The molecule has 0 saturated carbocycles. The normalized spacial score (nSPS) is 10.5. The lowest BCUT2D eigenvalue weighted by Crippen LogP contribution is -2.16. The molecule has 0 aliphatic rings. The number of hydrogen-bond acceptors (Lipinski definition) is 8. The van der Waals surface area contributed by atoms with Crippen LogP contribution in [-0.4, -0.2) is 49.1 Å². The van der Waals surface area contributed by atoms with Crippen molar-refractivity contribution in [1.29, 1.82) is 0 Å². The first-order valence-corrected chi connectivity index (χ1v) is 10.9. The van der Waals surface area contributed by atoms with Gasteiger partial charge in [-0.15, -0.1) is 0 Å². The molecule has 0 fully saturated rings. The van der Waals surface area contributed by atoms with Crippen LogP contribution in [0.15, 0.2) is 41.1 Å². The predicted molar refractivity (Wildman–Crippen MR) is 121 cm³/mol. The summed E-state index contributed by atoms with van der Waals surface area (Å²) in [4.78, 5) is 49.0. The Labute approximate surface area is 194 Å². The second kappa shape index (κ2) is 10.3. The van der Waals surface area contributed by atoms with Gasteiger partial charge in [0.05, 0.1) is 31.8 Å². The van der Waals surface area contributed by atoms with Gasteiger partial charge in [-0.1, -0.05) is 0 Å². The van der Waals surface area contributed by atoms with Crippen LogP contribution in [0.2, 0.25) is 0 Å². The third-order valence-corrected chi connectivity index (χ3v) is 5.77. The maximum atomic E-state index is 12.8. The van der Waals surface area contributed by atoms with Gasteiger partial charge in [-0.3, -0.25) is 9.59 Å². The highest BCUT2D eigenvalue weighted by molar-refractivity contribution is 7.08. The van der Waals surface area contributed by atoms with E-state index in [0.717, 1.165) is 5.56 Å². The summed E-state index contributed by atoms with van der Waals surface area (Å²) in [6.45, 7) is 3.13. The molecule has 0 saturated heterocycles. The highest BCUT2D eigenvalue weighted by Crippen LogP contribution is 2.24. The maximum Gasteiger partial charge on any atom is 0.337 e. The van der Waals surface area contributed by atoms with Crippen molar-refractivity contribution in [3.63, 3.8) is 0 Å². The average Bonchev–Trinajstić information content (AvgIpc) is 3.42. The van der Waals surface area contributed by atoms with Gasteiger partial charge in [0, 0.05) is 22.6 Å². The predicted octanol–water partition coefficient (Wildman–Crippen LogP) is 3.70. The van der Waals surface area contributed by atoms with E-state index in [1.807, 2.05) is 16.8 Å². The van der Waals surface area contributed by atoms with Gasteiger partial charge in [-0.05, 0) is 60.5 Å². The van der Waals surface area contributed by atoms with Gasteiger partial charge in [0.25, 0.3) is 0 Å². The Kier molecular flexibility index (Phi) is 7.44. The Morgan fingerprint density at radius 2 is 1.58 bits per heavy atom. The van der Waals surface area contributed by atoms with Gasteiger partial charge in [0.2, 0.25) is 5.78 Å². The number of aromatic nitrogens is 1. The van der Waals surface area contributed by atoms with E-state index in [-0.39, 0.29) is 29.9 Å². The number of Topliss-reactive ketones (excluding diaryl/α,β-unsaturated/α-hetero) is 1. The van der Waals surface area contributed by atoms with Crippen LogP contribution >= 0.6 is 11.3 Å². The fourth-order valence-electron chi connectivity index (χ4n) is 3.49. The molecule has 0 amide bonds. The number of benzene rings is 1. The molecule has 0 unspecified atom stereocenters. The van der Waals surface area contributed by atoms with Crippen molar-refractivity contribution in [2.45, 2.75) is 20.3 Å². The number of esters is 3. The number of ether oxygens (including phenoxy) is 3. The molecule has 172 valence electrons. The van der Waals surface area contributed by atoms with E-state index in [0.29, 0.717) is 22.6 Å². The van der Waals surface area contributed by atoms with Crippen molar-refractivity contribution in [2.24, 2.45) is 0 Å². The second-order valence-electron chi connectivity index (χ2n) is 7.26. The van der Waals surface area contributed by atoms with Gasteiger partial charge in [0.15, 0.2) is 6.61 Å². The molecule has 3 aromatic rings. The largest absolute Gasteiger partial charge is 0.465 e. The maximum absolute atomic E-state index is 12.8. The topological polar surface area (TPSA) is 101 Å². The van der Waals surface area contributed by atoms with Crippen LogP contribution in [0.5, 0.6) is 0 Å². The number of carbonyl (C=O) groups is 4. The summed E-state index contributed by atoms with van der Waals surface area (Å²) >= 11 is 1.48. The summed E-state index contributed by atoms with van der Waals surface area (Å²) in [5.41, 5.74) is 3.29. The molecule has 8 nitrogen and oxygen atoms in total. The summed E-state index contributed by atoms with van der Waals surface area (Å²) < 4.78 is 16.5. The summed E-state index contributed by atoms with van der Waals surface area (Å²) in [5, 5.41) is 3.71. The fraction of sp³-hybridized carbons (Fsp3) is 0.250. The molecule has 2 heterocycles. The molecule has 3 rings (SSSR count). The van der Waals surface area contributed by atoms with E-state index in [2.05, 4.69) is 0 Å². The number of rotatable bonds is 8. The highest BCUT2D eigenvalue weighted by Gasteiger charge is 2.21. The molecule has 33 heavy (non-hydrogen) atoms. The number of nitrogens with zero attached hydrogens (tertiary/aromatic N) is 1. The standard InChI is InChI=1S/C24H23NO7S/c1-14-7-20(21(26)12-32-22(27)8-16-5-6-33-13-16)15(2)25(14)19-10-17(23(28)30-3)9-18(11-19)24(29)31-4/h5-7,9-11,13H,8,12H2,1-4H3. The van der Waals surface area contributed by atoms with E-state index in [1.54, 1.807) is 36.6 Å². The third-order valence-electron chi connectivity index (χ3n) is 5.04. The SMILES string of the molecule is COC(=O)c1cc(C(=O)OC)cc(-n2c(C)cc(C(=O)COC(=O)Cc3ccsc3)c2C)c1. The van der Waals surface area contributed by atoms with E-state index in [4.69, 9.17) is 14.2 Å². The van der Waals surface area contributed by atoms with Crippen molar-refractivity contribution in [3.8, 4) is 5.69 Å². The van der Waals surface area contributed by atoms with Crippen molar-refractivity contribution in [3.05, 3.63) is 74.7 Å². The van der Waals surface area contributed by atoms with Crippen LogP contribution in [-0.2, 0) is 25.4 Å². The molecule has 0 aliphatic heterocycles. The Balaban J connectivity index is 1.88. The Morgan fingerprint density at radius 1 is 0.939 bits per heavy atom. The van der Waals surface area contributed by atoms with Crippen LogP contribution < -0.4 is 0 Å². The molecule has 1 aromatic carbocycles. The van der Waals surface area contributed by atoms with E-state index < -0.39 is 17.9 Å². The van der Waals surface area contributed by atoms with E-state index >= 15 is 0 Å². The average molecular weight is 470 g/mol. The first-order chi connectivity index (χ1) is 15.7. The van der Waals surface area contributed by atoms with Crippen LogP contribution in [0.3, 0.4) is 0 Å². The summed E-state index contributed by atoms with van der Waals surface area (Å²) in [6, 6.07) is 8.01. The molecular weight excluding hydrogens is 446 g/mol. The van der Waals surface area contributed by atoms with Crippen molar-refractivity contribution in [1.82, 2.24) is 4.57 Å². The molecular formula is C24H23NO7S. The van der Waals surface area contributed by atoms with Gasteiger partial charge in [0.1, 0.15) is 0 Å². The number of aryl methyl sites for hydroxylation is 1. The molecule has 0 atom stereocenters. The summed E-state index contributed by atoms with van der Waals surface area (Å²) in [6.07, 6.45) is 0.104. The molecule has 0 bridgehead atoms. The van der Waals surface area contributed by atoms with Crippen molar-refractivity contribution < 1.29 is 33.4 Å². The lowest BCUT2D eigenvalue weighted by atomic mass is 10.1. The number of hydrogen-bond donors (Lipinski definition) is 0. The quantitative estimate of drug-likeness (QED) is 0.282. The van der Waals surface area contributed by atoms with Gasteiger partial charge in [-0.25, -0.2) is 9.59 Å². The van der Waals surface area contributed by atoms with Crippen molar-refractivity contribution >= 4 is 35.0 Å². The Morgan fingerprint density at radius 3 is 2.12 bits per heavy atom. The lowest BCUT2D eigenvalue weighted by molar-refractivity contribution is -0.141. The molecule has 0 radical (unpaired) electrons. The Hall–Kier alpha value is -3.72. The summed E-state index contributed by atoms with van der Waals surface area (Å²) in [7, 11) is 2.49. The molecule has 0 aliphatic carbocycles. The van der Waals surface area contributed by atoms with Crippen LogP contribution in [0.1, 0.15) is 48.0 Å². The Bertz CT molecular complexity index is 1170. The van der Waals surface area contributed by atoms with E-state index in [1.165, 1.54) is 31.6 Å². The van der Waals surface area contributed by atoms with Gasteiger partial charge < -0.3 is 18.8 Å². The zero-order valence-electron chi connectivity index (χ0n) is 18.7. The fourth-order valence-corrected chi connectivity index (χ4v) is 4.16. The summed E-state index contributed by atoms with van der Waals surface area (Å²) in [5.74, 6) is -2.06. The van der Waals surface area contributed by atoms with Crippen molar-refractivity contribution in [2.75, 3.05) is 20.8 Å². The van der Waals surface area contributed by atoms with Crippen LogP contribution in [0.4, 0.5) is 0 Å². The monoisotopic (exact) mass is 469 g/mol. The van der Waals surface area contributed by atoms with Crippen LogP contribution in [0, 0.1) is 13.8 Å². The second-order valence-corrected chi connectivity index (χ2v) is 8.04. The zero-order chi connectivity index (χ0) is 24.1. The minimum atomic E-state index is -0.613. The number of methoxy groups -OCH3 is 2. The van der Waals surface area contributed by atoms with Gasteiger partial charge in [-0.2, -0.15) is 11.3 Å². The first kappa shape index (κ1) is 23.9. The minimum absolute atomic E-state index is 0.104. The van der Waals surface area contributed by atoms with Crippen LogP contribution in [0.25, 0.3) is 5.69 Å². The molecule has 0 N–H and O–H groups in total. The highest BCUT2D eigenvalue weighted by atomic mass is 32.1. The number of carbonyl (C=O) groups excluding carboxylic acids is 4. The minimum Gasteiger partial charge on any atom is -0.465 e. The molecule has 2 aromatic heterocycles. The first-order valence-electron chi connectivity index (χ1n) is 9.96. The lowest BCUT2D eigenvalue weighted by Gasteiger charge is -2.13. The van der Waals surface area contributed by atoms with E-state index in [9.17, 15) is 19.2 Å². The molecule has 9 heteroatoms.